The molecule has 20 heavy (non-hydrogen) atoms. The number of hydrogen-bond donors (Lipinski definition) is 1. The predicted octanol–water partition coefficient (Wildman–Crippen LogP) is 2.33. The van der Waals surface area contributed by atoms with E-state index in [-0.39, 0.29) is 5.75 Å². The molecule has 0 radical (unpaired) electrons. The van der Waals surface area contributed by atoms with Gasteiger partial charge in [0.2, 0.25) is 10.0 Å². The average Bonchev–Trinajstić information content (AvgIpc) is 2.88. The number of nitrogen functional groups attached to an aromatic ring is 1. The van der Waals surface area contributed by atoms with Crippen molar-refractivity contribution in [3.05, 3.63) is 52.2 Å². The molecule has 2 N–H and O–H groups in total. The number of thiophene rings is 1. The summed E-state index contributed by atoms with van der Waals surface area (Å²) >= 11 is 1.64. The van der Waals surface area contributed by atoms with Gasteiger partial charge in [0.15, 0.2) is 0 Å². The first-order chi connectivity index (χ1) is 9.47. The van der Waals surface area contributed by atoms with Crippen LogP contribution < -0.4 is 5.73 Å². The Bertz CT molecular complexity index is 652. The zero-order valence-corrected chi connectivity index (χ0v) is 13.0. The lowest BCUT2D eigenvalue weighted by Gasteiger charge is -2.16. The molecule has 2 rings (SSSR count). The Kier molecular flexibility index (Phi) is 4.80. The zero-order valence-electron chi connectivity index (χ0n) is 11.3. The summed E-state index contributed by atoms with van der Waals surface area (Å²) in [7, 11) is -1.68. The van der Waals surface area contributed by atoms with Crippen LogP contribution >= 0.6 is 11.3 Å². The molecule has 0 spiro atoms. The third-order valence-electron chi connectivity index (χ3n) is 3.03. The maximum absolute atomic E-state index is 12.3. The molecule has 0 saturated heterocycles. The van der Waals surface area contributed by atoms with E-state index in [1.54, 1.807) is 42.6 Å². The molecule has 0 unspecified atom stereocenters. The van der Waals surface area contributed by atoms with Gasteiger partial charge in [-0.3, -0.25) is 0 Å². The van der Waals surface area contributed by atoms with Crippen molar-refractivity contribution in [3.63, 3.8) is 0 Å². The lowest BCUT2D eigenvalue weighted by atomic mass is 10.2. The van der Waals surface area contributed by atoms with Crippen LogP contribution in [-0.4, -0.2) is 26.3 Å². The summed E-state index contributed by atoms with van der Waals surface area (Å²) in [4.78, 5) is 1.19. The number of likely N-dealkylation sites (N-methyl/N-ethyl adjacent to an activating group) is 1. The summed E-state index contributed by atoms with van der Waals surface area (Å²) < 4.78 is 25.9. The monoisotopic (exact) mass is 310 g/mol. The van der Waals surface area contributed by atoms with Gasteiger partial charge in [-0.25, -0.2) is 12.7 Å². The fourth-order valence-electron chi connectivity index (χ4n) is 1.87. The molecule has 4 nitrogen and oxygen atoms in total. The first kappa shape index (κ1) is 15.0. The summed E-state index contributed by atoms with van der Waals surface area (Å²) in [5.41, 5.74) is 6.97. The van der Waals surface area contributed by atoms with Crippen molar-refractivity contribution >= 4 is 27.0 Å². The van der Waals surface area contributed by atoms with Gasteiger partial charge in [-0.2, -0.15) is 0 Å². The summed E-state index contributed by atoms with van der Waals surface area (Å²) in [6, 6.07) is 11.0. The molecule has 6 heteroatoms. The van der Waals surface area contributed by atoms with Gasteiger partial charge in [0.05, 0.1) is 5.75 Å². The summed E-state index contributed by atoms with van der Waals surface area (Å²) in [5, 5.41) is 2.00. The van der Waals surface area contributed by atoms with Gasteiger partial charge in [-0.15, -0.1) is 11.3 Å². The maximum atomic E-state index is 12.3. The molecule has 1 aromatic carbocycles. The molecule has 0 aliphatic carbocycles. The SMILES string of the molecule is CN(CCc1cccs1)S(=O)(=O)Cc1cccc(N)c1. The van der Waals surface area contributed by atoms with Gasteiger partial charge >= 0.3 is 0 Å². The van der Waals surface area contributed by atoms with Crippen LogP contribution in [0.4, 0.5) is 5.69 Å². The molecule has 0 aliphatic heterocycles. The van der Waals surface area contributed by atoms with Crippen molar-refractivity contribution in [1.29, 1.82) is 0 Å². The molecule has 0 saturated carbocycles. The molecule has 2 aromatic rings. The summed E-state index contributed by atoms with van der Waals surface area (Å²) in [6.07, 6.45) is 0.740. The van der Waals surface area contributed by atoms with Crippen LogP contribution in [0.25, 0.3) is 0 Å². The lowest BCUT2D eigenvalue weighted by Crippen LogP contribution is -2.30. The predicted molar refractivity (Wildman–Crippen MR) is 84.1 cm³/mol. The molecular formula is C14H18N2O2S2. The van der Waals surface area contributed by atoms with E-state index in [2.05, 4.69) is 0 Å². The van der Waals surface area contributed by atoms with E-state index in [4.69, 9.17) is 5.73 Å². The fourth-order valence-corrected chi connectivity index (χ4v) is 3.75. The van der Waals surface area contributed by atoms with Crippen molar-refractivity contribution in [3.8, 4) is 0 Å². The number of hydrogen-bond acceptors (Lipinski definition) is 4. The van der Waals surface area contributed by atoms with Gasteiger partial charge in [0.1, 0.15) is 0 Å². The molecule has 0 atom stereocenters. The lowest BCUT2D eigenvalue weighted by molar-refractivity contribution is 0.472. The van der Waals surface area contributed by atoms with E-state index in [1.165, 1.54) is 9.18 Å². The zero-order chi connectivity index (χ0) is 14.6. The first-order valence-electron chi connectivity index (χ1n) is 6.28. The number of anilines is 1. The number of nitrogens with zero attached hydrogens (tertiary/aromatic N) is 1. The Morgan fingerprint density at radius 3 is 2.70 bits per heavy atom. The van der Waals surface area contributed by atoms with Crippen LogP contribution in [0.1, 0.15) is 10.4 Å². The second kappa shape index (κ2) is 6.39. The van der Waals surface area contributed by atoms with Crippen LogP contribution in [0.2, 0.25) is 0 Å². The van der Waals surface area contributed by atoms with E-state index in [0.29, 0.717) is 17.8 Å². The van der Waals surface area contributed by atoms with E-state index in [1.807, 2.05) is 17.5 Å². The Labute approximate surface area is 123 Å². The molecule has 0 amide bonds. The van der Waals surface area contributed by atoms with Crippen LogP contribution in [0.15, 0.2) is 41.8 Å². The largest absolute Gasteiger partial charge is 0.399 e. The topological polar surface area (TPSA) is 63.4 Å². The smallest absolute Gasteiger partial charge is 0.218 e. The molecule has 0 bridgehead atoms. The van der Waals surface area contributed by atoms with Crippen molar-refractivity contribution < 1.29 is 8.42 Å². The average molecular weight is 310 g/mol. The molecule has 0 aliphatic rings. The molecular weight excluding hydrogens is 292 g/mol. The minimum absolute atomic E-state index is 0.0149. The van der Waals surface area contributed by atoms with Gasteiger partial charge in [0, 0.05) is 24.2 Å². The third kappa shape index (κ3) is 4.06. The summed E-state index contributed by atoms with van der Waals surface area (Å²) in [6.45, 7) is 0.491. The second-order valence-corrected chi connectivity index (χ2v) is 7.76. The number of nitrogens with two attached hydrogens (primary N) is 1. The summed E-state index contributed by atoms with van der Waals surface area (Å²) in [5.74, 6) is -0.0149. The minimum atomic E-state index is -3.30. The highest BCUT2D eigenvalue weighted by Gasteiger charge is 2.18. The van der Waals surface area contributed by atoms with Crippen LogP contribution in [0.5, 0.6) is 0 Å². The Hall–Kier alpha value is -1.37. The molecule has 108 valence electrons. The van der Waals surface area contributed by atoms with Crippen LogP contribution in [0, 0.1) is 0 Å². The quantitative estimate of drug-likeness (QED) is 0.833. The van der Waals surface area contributed by atoms with Crippen LogP contribution in [0.3, 0.4) is 0 Å². The van der Waals surface area contributed by atoms with Crippen molar-refractivity contribution in [2.24, 2.45) is 0 Å². The van der Waals surface area contributed by atoms with E-state index < -0.39 is 10.0 Å². The molecule has 0 fully saturated rings. The van der Waals surface area contributed by atoms with Gasteiger partial charge < -0.3 is 5.73 Å². The van der Waals surface area contributed by atoms with Crippen molar-refractivity contribution in [2.75, 3.05) is 19.3 Å². The third-order valence-corrected chi connectivity index (χ3v) is 5.79. The number of benzene rings is 1. The molecule has 1 heterocycles. The Balaban J connectivity index is 1.98. The van der Waals surface area contributed by atoms with Crippen LogP contribution in [-0.2, 0) is 22.2 Å². The number of sulfonamides is 1. The Morgan fingerprint density at radius 2 is 2.05 bits per heavy atom. The highest BCUT2D eigenvalue weighted by Crippen LogP contribution is 2.14. The second-order valence-electron chi connectivity index (χ2n) is 4.65. The number of rotatable bonds is 6. The molecule has 1 aromatic heterocycles. The van der Waals surface area contributed by atoms with E-state index >= 15 is 0 Å². The van der Waals surface area contributed by atoms with Gasteiger partial charge in [-0.1, -0.05) is 18.2 Å². The maximum Gasteiger partial charge on any atom is 0.218 e. The van der Waals surface area contributed by atoms with Crippen molar-refractivity contribution in [2.45, 2.75) is 12.2 Å². The standard InChI is InChI=1S/C14H18N2O2S2/c1-16(8-7-14-6-3-9-19-14)20(17,18)11-12-4-2-5-13(15)10-12/h2-6,9-10H,7-8,11,15H2,1H3. The fraction of sp³-hybridized carbons (Fsp3) is 0.286. The normalized spacial score (nSPS) is 11.9. The van der Waals surface area contributed by atoms with Crippen molar-refractivity contribution in [1.82, 2.24) is 4.31 Å². The Morgan fingerprint density at radius 1 is 1.25 bits per heavy atom. The highest BCUT2D eigenvalue weighted by molar-refractivity contribution is 7.88. The minimum Gasteiger partial charge on any atom is -0.399 e. The first-order valence-corrected chi connectivity index (χ1v) is 8.77. The van der Waals surface area contributed by atoms with E-state index in [0.717, 1.165) is 6.42 Å². The van der Waals surface area contributed by atoms with E-state index in [9.17, 15) is 8.42 Å². The highest BCUT2D eigenvalue weighted by atomic mass is 32.2. The van der Waals surface area contributed by atoms with Gasteiger partial charge in [0.25, 0.3) is 0 Å². The van der Waals surface area contributed by atoms with Gasteiger partial charge in [-0.05, 0) is 35.6 Å².